The minimum absolute atomic E-state index is 0.120. The van der Waals surface area contributed by atoms with Gasteiger partial charge in [0.05, 0.1) is 38.0 Å². The van der Waals surface area contributed by atoms with Crippen LogP contribution in [0.4, 0.5) is 0 Å². The van der Waals surface area contributed by atoms with Crippen LogP contribution in [0.25, 0.3) is 10.9 Å². The third-order valence-corrected chi connectivity index (χ3v) is 6.08. The maximum absolute atomic E-state index is 12.9. The smallest absolute Gasteiger partial charge is 0.252 e. The summed E-state index contributed by atoms with van der Waals surface area (Å²) < 4.78 is 12.8. The Bertz CT molecular complexity index is 1240. The highest BCUT2D eigenvalue weighted by Gasteiger charge is 2.23. The summed E-state index contributed by atoms with van der Waals surface area (Å²) in [6, 6.07) is 11.8. The third kappa shape index (κ3) is 4.29. The van der Waals surface area contributed by atoms with Gasteiger partial charge < -0.3 is 14.1 Å². The number of hydrogen-bond acceptors (Lipinski definition) is 7. The largest absolute Gasteiger partial charge is 0.497 e. The minimum Gasteiger partial charge on any atom is -0.497 e. The van der Waals surface area contributed by atoms with E-state index in [2.05, 4.69) is 25.4 Å². The number of nitrogens with one attached hydrogen (secondary N) is 1. The van der Waals surface area contributed by atoms with Gasteiger partial charge in [-0.05, 0) is 59.0 Å². The lowest BCUT2D eigenvalue weighted by molar-refractivity contribution is 0.213. The Morgan fingerprint density at radius 3 is 2.84 bits per heavy atom. The van der Waals surface area contributed by atoms with Gasteiger partial charge in [0, 0.05) is 18.2 Å². The molecule has 0 unspecified atom stereocenters. The summed E-state index contributed by atoms with van der Waals surface area (Å²) >= 11 is 0. The van der Waals surface area contributed by atoms with E-state index in [0.717, 1.165) is 35.3 Å². The second kappa shape index (κ2) is 8.96. The van der Waals surface area contributed by atoms with Crippen LogP contribution in [-0.4, -0.2) is 37.2 Å². The number of fused-ring (bicyclic) bond motifs is 1. The summed E-state index contributed by atoms with van der Waals surface area (Å²) in [7, 11) is 1.61. The van der Waals surface area contributed by atoms with Gasteiger partial charge in [-0.1, -0.05) is 12.8 Å². The molecular weight excluding hydrogens is 408 g/mol. The molecule has 0 bridgehead atoms. The molecule has 0 atom stereocenters. The average Bonchev–Trinajstić information content (AvgIpc) is 3.57. The van der Waals surface area contributed by atoms with Crippen molar-refractivity contribution in [3.8, 4) is 5.75 Å². The van der Waals surface area contributed by atoms with Crippen LogP contribution in [0.15, 0.2) is 51.9 Å². The molecule has 1 aromatic carbocycles. The molecule has 0 amide bonds. The SMILES string of the molecule is COc1ccc2cc(CN(Cc3ccco3)Cc3nnnn3C3CCCC3)c(=O)[nH]c2c1. The van der Waals surface area contributed by atoms with Crippen molar-refractivity contribution in [3.05, 3.63) is 70.2 Å². The summed E-state index contributed by atoms with van der Waals surface area (Å²) in [6.07, 6.45) is 6.27. The Kier molecular flexibility index (Phi) is 5.72. The van der Waals surface area contributed by atoms with E-state index in [-0.39, 0.29) is 5.56 Å². The molecule has 0 saturated heterocycles. The lowest BCUT2D eigenvalue weighted by atomic mass is 10.1. The third-order valence-electron chi connectivity index (χ3n) is 6.08. The van der Waals surface area contributed by atoms with Gasteiger partial charge in [-0.15, -0.1) is 5.10 Å². The van der Waals surface area contributed by atoms with E-state index in [0.29, 0.717) is 37.0 Å². The summed E-state index contributed by atoms with van der Waals surface area (Å²) in [6.45, 7) is 1.50. The van der Waals surface area contributed by atoms with Crippen LogP contribution in [0.2, 0.25) is 0 Å². The molecule has 3 aromatic heterocycles. The number of hydrogen-bond donors (Lipinski definition) is 1. The van der Waals surface area contributed by atoms with Crippen LogP contribution in [0.5, 0.6) is 5.75 Å². The highest BCUT2D eigenvalue weighted by atomic mass is 16.5. The molecule has 9 heteroatoms. The highest BCUT2D eigenvalue weighted by Crippen LogP contribution is 2.29. The molecular formula is C23H26N6O3. The van der Waals surface area contributed by atoms with Gasteiger partial charge in [0.15, 0.2) is 5.82 Å². The Morgan fingerprint density at radius 1 is 1.19 bits per heavy atom. The lowest BCUT2D eigenvalue weighted by Crippen LogP contribution is -2.28. The second-order valence-electron chi connectivity index (χ2n) is 8.28. The van der Waals surface area contributed by atoms with Crippen LogP contribution < -0.4 is 10.3 Å². The molecule has 1 saturated carbocycles. The van der Waals surface area contributed by atoms with Crippen LogP contribution in [0.3, 0.4) is 0 Å². The molecule has 9 nitrogen and oxygen atoms in total. The fourth-order valence-corrected chi connectivity index (χ4v) is 4.45. The zero-order chi connectivity index (χ0) is 21.9. The average molecular weight is 435 g/mol. The van der Waals surface area contributed by atoms with Crippen LogP contribution in [0.1, 0.15) is 48.9 Å². The molecule has 1 N–H and O–H groups in total. The van der Waals surface area contributed by atoms with Crippen molar-refractivity contribution in [3.63, 3.8) is 0 Å². The number of pyridine rings is 1. The summed E-state index contributed by atoms with van der Waals surface area (Å²) in [5.74, 6) is 2.34. The predicted octanol–water partition coefficient (Wildman–Crippen LogP) is 3.43. The molecule has 1 fully saturated rings. The number of ether oxygens (including phenoxy) is 1. The minimum atomic E-state index is -0.120. The van der Waals surface area contributed by atoms with Gasteiger partial charge >= 0.3 is 0 Å². The number of rotatable bonds is 8. The number of nitrogens with zero attached hydrogens (tertiary/aromatic N) is 5. The number of methoxy groups -OCH3 is 1. The molecule has 166 valence electrons. The van der Waals surface area contributed by atoms with Gasteiger partial charge in [0.1, 0.15) is 11.5 Å². The lowest BCUT2D eigenvalue weighted by Gasteiger charge is -2.21. The first-order valence-corrected chi connectivity index (χ1v) is 10.9. The summed E-state index contributed by atoms with van der Waals surface area (Å²) in [4.78, 5) is 18.0. The van der Waals surface area contributed by atoms with E-state index in [1.807, 2.05) is 41.1 Å². The van der Waals surface area contributed by atoms with E-state index in [9.17, 15) is 4.79 Å². The molecule has 1 aliphatic carbocycles. The van der Waals surface area contributed by atoms with E-state index in [4.69, 9.17) is 9.15 Å². The Balaban J connectivity index is 1.43. The monoisotopic (exact) mass is 434 g/mol. The number of furan rings is 1. The van der Waals surface area contributed by atoms with Crippen molar-refractivity contribution >= 4 is 10.9 Å². The molecule has 32 heavy (non-hydrogen) atoms. The van der Waals surface area contributed by atoms with Crippen molar-refractivity contribution < 1.29 is 9.15 Å². The van der Waals surface area contributed by atoms with Crippen molar-refractivity contribution in [1.82, 2.24) is 30.1 Å². The van der Waals surface area contributed by atoms with E-state index in [1.165, 1.54) is 12.8 Å². The van der Waals surface area contributed by atoms with E-state index >= 15 is 0 Å². The molecule has 1 aliphatic rings. The first-order chi connectivity index (χ1) is 15.7. The Morgan fingerprint density at radius 2 is 2.06 bits per heavy atom. The van der Waals surface area contributed by atoms with Crippen molar-refractivity contribution in [1.29, 1.82) is 0 Å². The number of H-pyrrole nitrogens is 1. The Labute approximate surface area is 185 Å². The highest BCUT2D eigenvalue weighted by molar-refractivity contribution is 5.80. The Hall–Kier alpha value is -3.46. The molecule has 3 heterocycles. The first-order valence-electron chi connectivity index (χ1n) is 10.9. The maximum Gasteiger partial charge on any atom is 0.252 e. The van der Waals surface area contributed by atoms with Gasteiger partial charge in [-0.2, -0.15) is 0 Å². The van der Waals surface area contributed by atoms with Gasteiger partial charge in [-0.25, -0.2) is 4.68 Å². The molecule has 0 spiro atoms. The van der Waals surface area contributed by atoms with Crippen LogP contribution in [0, 0.1) is 0 Å². The number of benzene rings is 1. The standard InChI is InChI=1S/C23H26N6O3/c1-31-19-9-8-16-11-17(23(30)24-21(16)12-19)13-28(14-20-7-4-10-32-20)15-22-25-26-27-29(22)18-5-2-3-6-18/h4,7-12,18H,2-3,5-6,13-15H2,1H3,(H,24,30). The fraction of sp³-hybridized carbons (Fsp3) is 0.391. The molecule has 4 aromatic rings. The topological polar surface area (TPSA) is 102 Å². The van der Waals surface area contributed by atoms with Gasteiger partial charge in [-0.3, -0.25) is 9.69 Å². The zero-order valence-electron chi connectivity index (χ0n) is 18.0. The number of tetrazole rings is 1. The maximum atomic E-state index is 12.9. The second-order valence-corrected chi connectivity index (χ2v) is 8.28. The van der Waals surface area contributed by atoms with Gasteiger partial charge in [0.25, 0.3) is 5.56 Å². The summed E-state index contributed by atoms with van der Waals surface area (Å²) in [5, 5.41) is 13.4. The first kappa shape index (κ1) is 20.4. The van der Waals surface area contributed by atoms with Gasteiger partial charge in [0.2, 0.25) is 0 Å². The van der Waals surface area contributed by atoms with Crippen LogP contribution in [-0.2, 0) is 19.6 Å². The molecule has 0 aliphatic heterocycles. The normalized spacial score (nSPS) is 14.6. The van der Waals surface area contributed by atoms with Crippen molar-refractivity contribution in [2.45, 2.75) is 51.4 Å². The predicted molar refractivity (Wildman–Crippen MR) is 118 cm³/mol. The quantitative estimate of drug-likeness (QED) is 0.453. The summed E-state index contributed by atoms with van der Waals surface area (Å²) in [5.41, 5.74) is 1.31. The van der Waals surface area contributed by atoms with Crippen LogP contribution >= 0.6 is 0 Å². The number of aromatic nitrogens is 5. The fourth-order valence-electron chi connectivity index (χ4n) is 4.45. The van der Waals surface area contributed by atoms with E-state index in [1.54, 1.807) is 13.4 Å². The van der Waals surface area contributed by atoms with E-state index < -0.39 is 0 Å². The van der Waals surface area contributed by atoms with Crippen molar-refractivity contribution in [2.75, 3.05) is 7.11 Å². The molecule has 0 radical (unpaired) electrons. The zero-order valence-corrected chi connectivity index (χ0v) is 18.0. The number of aromatic amines is 1. The molecule has 5 rings (SSSR count). The van der Waals surface area contributed by atoms with Crippen molar-refractivity contribution in [2.24, 2.45) is 0 Å².